The number of halogens is 4. The molecule has 2 heterocycles. The first-order valence-electron chi connectivity index (χ1n) is 8.05. The first kappa shape index (κ1) is 21.6. The fraction of sp³-hybridized carbons (Fsp3) is 0.500. The smallest absolute Gasteiger partial charge is 0.392 e. The Labute approximate surface area is 159 Å². The zero-order valence-corrected chi connectivity index (χ0v) is 16.2. The van der Waals surface area contributed by atoms with Crippen LogP contribution in [0.3, 0.4) is 0 Å². The minimum absolute atomic E-state index is 0.0156. The molecule has 0 bridgehead atoms. The van der Waals surface area contributed by atoms with Crippen LogP contribution in [0.5, 0.6) is 0 Å². The van der Waals surface area contributed by atoms with Gasteiger partial charge in [0, 0.05) is 25.1 Å². The summed E-state index contributed by atoms with van der Waals surface area (Å²) in [5, 5.41) is 7.27. The molecule has 27 heavy (non-hydrogen) atoms. The molecular formula is C16H19ClF3N3O3S. The number of rotatable bonds is 7. The molecule has 11 heteroatoms. The molecule has 0 aliphatic heterocycles. The molecule has 0 aromatic carbocycles. The summed E-state index contributed by atoms with van der Waals surface area (Å²) in [5.74, 6) is 0.0347. The van der Waals surface area contributed by atoms with Crippen molar-refractivity contribution in [2.75, 3.05) is 5.75 Å². The molecule has 2 rings (SSSR count). The maximum absolute atomic E-state index is 12.6. The molecule has 1 atom stereocenters. The van der Waals surface area contributed by atoms with Crippen molar-refractivity contribution in [3.63, 3.8) is 0 Å². The van der Waals surface area contributed by atoms with E-state index < -0.39 is 21.4 Å². The van der Waals surface area contributed by atoms with Crippen molar-refractivity contribution in [2.24, 2.45) is 7.05 Å². The summed E-state index contributed by atoms with van der Waals surface area (Å²) >= 11 is 5.35. The average Bonchev–Trinajstić information content (AvgIpc) is 2.98. The number of nitrogens with zero attached hydrogens (tertiary/aromatic N) is 3. The fourth-order valence-electron chi connectivity index (χ4n) is 2.47. The molecule has 0 fully saturated rings. The van der Waals surface area contributed by atoms with Crippen molar-refractivity contribution in [1.82, 2.24) is 14.5 Å². The molecule has 150 valence electrons. The van der Waals surface area contributed by atoms with Crippen molar-refractivity contribution in [3.05, 3.63) is 29.7 Å². The standard InChI is InChI=1S/C16H19ClF3N3O3S/c1-3-27(25,26)12-6-10(9-24)7-21-14(12)15-22-8-11(23(15)2)4-5-13(17)16(18,19)20/h6-8,13,24H,3-5,9H2,1-2H3. The molecule has 2 aromatic rings. The first-order valence-corrected chi connectivity index (χ1v) is 10.1. The minimum atomic E-state index is -4.49. The number of aliphatic hydroxyl groups is 1. The van der Waals surface area contributed by atoms with Crippen LogP contribution >= 0.6 is 11.6 Å². The molecule has 0 aliphatic rings. The zero-order chi connectivity index (χ0) is 20.4. The van der Waals surface area contributed by atoms with Gasteiger partial charge in [0.1, 0.15) is 11.1 Å². The Morgan fingerprint density at radius 3 is 2.52 bits per heavy atom. The molecule has 6 nitrogen and oxygen atoms in total. The summed E-state index contributed by atoms with van der Waals surface area (Å²) in [7, 11) is -2.09. The van der Waals surface area contributed by atoms with Crippen molar-refractivity contribution < 1.29 is 26.7 Å². The van der Waals surface area contributed by atoms with Gasteiger partial charge in [-0.25, -0.2) is 13.4 Å². The number of alkyl halides is 4. The van der Waals surface area contributed by atoms with Gasteiger partial charge in [-0.15, -0.1) is 11.6 Å². The van der Waals surface area contributed by atoms with Crippen molar-refractivity contribution in [3.8, 4) is 11.5 Å². The zero-order valence-electron chi connectivity index (χ0n) is 14.7. The number of pyridine rings is 1. The molecular weight excluding hydrogens is 407 g/mol. The van der Waals surface area contributed by atoms with E-state index in [9.17, 15) is 26.7 Å². The van der Waals surface area contributed by atoms with E-state index in [-0.39, 0.29) is 41.6 Å². The number of aromatic nitrogens is 3. The van der Waals surface area contributed by atoms with E-state index in [0.29, 0.717) is 11.3 Å². The van der Waals surface area contributed by atoms with Gasteiger partial charge >= 0.3 is 6.18 Å². The van der Waals surface area contributed by atoms with Crippen LogP contribution in [-0.4, -0.2) is 45.4 Å². The predicted octanol–water partition coefficient (Wildman–Crippen LogP) is 2.87. The number of hydrogen-bond acceptors (Lipinski definition) is 5. The molecule has 0 saturated heterocycles. The number of hydrogen-bond donors (Lipinski definition) is 1. The first-order chi connectivity index (χ1) is 12.5. The summed E-state index contributed by atoms with van der Waals surface area (Å²) in [6.45, 7) is 1.10. The molecule has 0 radical (unpaired) electrons. The van der Waals surface area contributed by atoms with Crippen LogP contribution in [0.15, 0.2) is 23.4 Å². The molecule has 1 unspecified atom stereocenters. The van der Waals surface area contributed by atoms with Crippen LogP contribution in [0.2, 0.25) is 0 Å². The Morgan fingerprint density at radius 2 is 1.96 bits per heavy atom. The van der Waals surface area contributed by atoms with Gasteiger partial charge in [-0.2, -0.15) is 13.2 Å². The third-order valence-corrected chi connectivity index (χ3v) is 6.32. The molecule has 0 aliphatic carbocycles. The van der Waals surface area contributed by atoms with E-state index in [1.165, 1.54) is 30.0 Å². The monoisotopic (exact) mass is 425 g/mol. The topological polar surface area (TPSA) is 85.1 Å². The third-order valence-electron chi connectivity index (χ3n) is 4.11. The normalized spacial score (nSPS) is 13.7. The largest absolute Gasteiger partial charge is 0.404 e. The van der Waals surface area contributed by atoms with E-state index in [2.05, 4.69) is 9.97 Å². The Bertz CT molecular complexity index is 913. The van der Waals surface area contributed by atoms with Gasteiger partial charge in [-0.05, 0) is 24.5 Å². The Kier molecular flexibility index (Phi) is 6.54. The van der Waals surface area contributed by atoms with Crippen molar-refractivity contribution >= 4 is 21.4 Å². The number of aryl methyl sites for hydroxylation is 1. The van der Waals surface area contributed by atoms with Gasteiger partial charge < -0.3 is 9.67 Å². The van der Waals surface area contributed by atoms with Crippen LogP contribution in [0.4, 0.5) is 13.2 Å². The highest BCUT2D eigenvalue weighted by Crippen LogP contribution is 2.30. The van der Waals surface area contributed by atoms with Gasteiger partial charge in [-0.3, -0.25) is 4.98 Å². The van der Waals surface area contributed by atoms with Crippen LogP contribution in [-0.2, 0) is 29.9 Å². The highest BCUT2D eigenvalue weighted by atomic mass is 35.5. The van der Waals surface area contributed by atoms with Gasteiger partial charge in [0.15, 0.2) is 15.7 Å². The molecule has 1 N–H and O–H groups in total. The lowest BCUT2D eigenvalue weighted by atomic mass is 10.2. The summed E-state index contributed by atoms with van der Waals surface area (Å²) in [5.41, 5.74) is 0.879. The summed E-state index contributed by atoms with van der Waals surface area (Å²) in [6.07, 6.45) is -2.11. The lowest BCUT2D eigenvalue weighted by Crippen LogP contribution is -2.24. The lowest BCUT2D eigenvalue weighted by molar-refractivity contribution is -0.131. The lowest BCUT2D eigenvalue weighted by Gasteiger charge is -2.14. The van der Waals surface area contributed by atoms with Gasteiger partial charge in [0.25, 0.3) is 0 Å². The predicted molar refractivity (Wildman–Crippen MR) is 94.1 cm³/mol. The van der Waals surface area contributed by atoms with Crippen LogP contribution in [0.1, 0.15) is 24.6 Å². The van der Waals surface area contributed by atoms with E-state index >= 15 is 0 Å². The maximum Gasteiger partial charge on any atom is 0.404 e. The number of imidazole rings is 1. The second kappa shape index (κ2) is 8.15. The Morgan fingerprint density at radius 1 is 1.30 bits per heavy atom. The second-order valence-electron chi connectivity index (χ2n) is 5.93. The summed E-state index contributed by atoms with van der Waals surface area (Å²) in [6, 6.07) is 1.33. The Balaban J connectivity index is 2.42. The highest BCUT2D eigenvalue weighted by molar-refractivity contribution is 7.91. The average molecular weight is 426 g/mol. The van der Waals surface area contributed by atoms with Crippen molar-refractivity contribution in [2.45, 2.75) is 42.8 Å². The molecule has 0 amide bonds. The fourth-order valence-corrected chi connectivity index (χ4v) is 3.66. The van der Waals surface area contributed by atoms with E-state index in [0.717, 1.165) is 0 Å². The Hall–Kier alpha value is -1.65. The van der Waals surface area contributed by atoms with Crippen LogP contribution < -0.4 is 0 Å². The highest BCUT2D eigenvalue weighted by Gasteiger charge is 2.37. The number of sulfone groups is 1. The molecule has 0 saturated carbocycles. The van der Waals surface area contributed by atoms with E-state index in [1.807, 2.05) is 0 Å². The van der Waals surface area contributed by atoms with Gasteiger partial charge in [-0.1, -0.05) is 6.92 Å². The van der Waals surface area contributed by atoms with E-state index in [1.54, 1.807) is 7.05 Å². The summed E-state index contributed by atoms with van der Waals surface area (Å²) in [4.78, 5) is 8.17. The molecule has 2 aromatic heterocycles. The third kappa shape index (κ3) is 4.80. The SMILES string of the molecule is CCS(=O)(=O)c1cc(CO)cnc1-c1ncc(CCC(Cl)C(F)(F)F)n1C. The van der Waals surface area contributed by atoms with Crippen LogP contribution in [0.25, 0.3) is 11.5 Å². The summed E-state index contributed by atoms with van der Waals surface area (Å²) < 4.78 is 64.0. The van der Waals surface area contributed by atoms with Gasteiger partial charge in [0.05, 0.1) is 17.3 Å². The second-order valence-corrected chi connectivity index (χ2v) is 8.71. The quantitative estimate of drug-likeness (QED) is 0.689. The van der Waals surface area contributed by atoms with Crippen molar-refractivity contribution in [1.29, 1.82) is 0 Å². The van der Waals surface area contributed by atoms with E-state index in [4.69, 9.17) is 11.6 Å². The minimum Gasteiger partial charge on any atom is -0.392 e. The number of aliphatic hydroxyl groups excluding tert-OH is 1. The molecule has 0 spiro atoms. The maximum atomic E-state index is 12.6. The van der Waals surface area contributed by atoms with Crippen LogP contribution in [0, 0.1) is 0 Å². The van der Waals surface area contributed by atoms with Gasteiger partial charge in [0.2, 0.25) is 0 Å².